The zero-order chi connectivity index (χ0) is 17.6. The number of hydrogen-bond donors (Lipinski definition) is 1. The largest absolute Gasteiger partial charge is 0.497 e. The number of thiazole rings is 1. The maximum atomic E-state index is 12.6. The van der Waals surface area contributed by atoms with Crippen molar-refractivity contribution in [3.8, 4) is 11.5 Å². The van der Waals surface area contributed by atoms with Gasteiger partial charge in [-0.3, -0.25) is 4.79 Å². The Morgan fingerprint density at radius 1 is 1.28 bits per heavy atom. The minimum Gasteiger partial charge on any atom is -0.497 e. The smallest absolute Gasteiger partial charge is 0.257 e. The number of carbonyl (C=O) groups excluding carboxylic acids is 1. The van der Waals surface area contributed by atoms with Crippen LogP contribution in [0, 0.1) is 0 Å². The van der Waals surface area contributed by atoms with Gasteiger partial charge in [-0.25, -0.2) is 4.98 Å². The van der Waals surface area contributed by atoms with Gasteiger partial charge in [0, 0.05) is 9.85 Å². The van der Waals surface area contributed by atoms with Gasteiger partial charge in [-0.1, -0.05) is 12.1 Å². The summed E-state index contributed by atoms with van der Waals surface area (Å²) in [6, 6.07) is 12.5. The van der Waals surface area contributed by atoms with Gasteiger partial charge < -0.3 is 14.8 Å². The minimum absolute atomic E-state index is 0.254. The van der Waals surface area contributed by atoms with E-state index in [1.54, 1.807) is 36.9 Å². The molecule has 1 heterocycles. The van der Waals surface area contributed by atoms with Gasteiger partial charge in [0.05, 0.1) is 29.6 Å². The van der Waals surface area contributed by atoms with E-state index in [0.29, 0.717) is 33.8 Å². The molecule has 0 aliphatic carbocycles. The van der Waals surface area contributed by atoms with Crippen molar-refractivity contribution in [3.05, 3.63) is 69.1 Å². The van der Waals surface area contributed by atoms with E-state index in [0.717, 1.165) is 5.69 Å². The van der Waals surface area contributed by atoms with Gasteiger partial charge >= 0.3 is 0 Å². The lowest BCUT2D eigenvalue weighted by molar-refractivity contribution is 0.102. The van der Waals surface area contributed by atoms with Crippen molar-refractivity contribution < 1.29 is 14.3 Å². The quantitative estimate of drug-likeness (QED) is 0.627. The van der Waals surface area contributed by atoms with Gasteiger partial charge in [-0.15, -0.1) is 11.3 Å². The van der Waals surface area contributed by atoms with Crippen LogP contribution < -0.4 is 14.8 Å². The van der Waals surface area contributed by atoms with Gasteiger partial charge in [0.25, 0.3) is 5.91 Å². The summed E-state index contributed by atoms with van der Waals surface area (Å²) in [5.41, 5.74) is 3.68. The summed E-state index contributed by atoms with van der Waals surface area (Å²) in [6.07, 6.45) is 0. The number of amides is 1. The Kier molecular flexibility index (Phi) is 5.67. The average molecular weight is 419 g/mol. The summed E-state index contributed by atoms with van der Waals surface area (Å²) < 4.78 is 11.7. The number of aromatic nitrogens is 1. The van der Waals surface area contributed by atoms with E-state index >= 15 is 0 Å². The van der Waals surface area contributed by atoms with Crippen LogP contribution >= 0.6 is 27.3 Å². The Balaban J connectivity index is 1.77. The molecule has 0 radical (unpaired) electrons. The summed E-state index contributed by atoms with van der Waals surface area (Å²) in [5.74, 6) is 0.944. The molecular weight excluding hydrogens is 404 g/mol. The van der Waals surface area contributed by atoms with Gasteiger partial charge in [0.2, 0.25) is 0 Å². The number of para-hydroxylation sites is 2. The minimum atomic E-state index is -0.254. The SMILES string of the molecule is COc1ccc(Br)c(C(=O)Nc2ccccc2OCc2cscn2)c1. The van der Waals surface area contributed by atoms with Gasteiger partial charge in [0.15, 0.2) is 0 Å². The second kappa shape index (κ2) is 8.13. The maximum Gasteiger partial charge on any atom is 0.257 e. The molecular formula is C18H15BrN2O3S. The molecule has 0 saturated heterocycles. The predicted octanol–water partition coefficient (Wildman–Crippen LogP) is 4.75. The molecule has 0 saturated carbocycles. The zero-order valence-corrected chi connectivity index (χ0v) is 15.8. The number of nitrogens with one attached hydrogen (secondary N) is 1. The molecule has 3 rings (SSSR count). The van der Waals surface area contributed by atoms with E-state index in [-0.39, 0.29) is 5.91 Å². The van der Waals surface area contributed by atoms with Crippen molar-refractivity contribution in [2.75, 3.05) is 12.4 Å². The highest BCUT2D eigenvalue weighted by Crippen LogP contribution is 2.28. The van der Waals surface area contributed by atoms with Crippen molar-refractivity contribution >= 4 is 38.9 Å². The summed E-state index contributed by atoms with van der Waals surface area (Å²) in [5, 5.41) is 4.81. The highest BCUT2D eigenvalue weighted by atomic mass is 79.9. The molecule has 1 amide bonds. The molecule has 128 valence electrons. The summed E-state index contributed by atoms with van der Waals surface area (Å²) >= 11 is 4.91. The molecule has 1 N–H and O–H groups in total. The number of ether oxygens (including phenoxy) is 2. The van der Waals surface area contributed by atoms with Gasteiger partial charge in [-0.05, 0) is 46.3 Å². The van der Waals surface area contributed by atoms with Crippen LogP contribution in [0.25, 0.3) is 0 Å². The molecule has 2 aromatic carbocycles. The molecule has 0 fully saturated rings. The third kappa shape index (κ3) is 4.37. The third-order valence-corrected chi connectivity index (χ3v) is 4.74. The number of methoxy groups -OCH3 is 1. The van der Waals surface area contributed by atoms with E-state index in [9.17, 15) is 4.79 Å². The summed E-state index contributed by atoms with van der Waals surface area (Å²) in [7, 11) is 1.56. The van der Waals surface area contributed by atoms with Crippen molar-refractivity contribution in [1.82, 2.24) is 4.98 Å². The lowest BCUT2D eigenvalue weighted by Crippen LogP contribution is -2.13. The molecule has 7 heteroatoms. The molecule has 5 nitrogen and oxygen atoms in total. The van der Waals surface area contributed by atoms with E-state index in [2.05, 4.69) is 26.2 Å². The predicted molar refractivity (Wildman–Crippen MR) is 102 cm³/mol. The molecule has 0 atom stereocenters. The van der Waals surface area contributed by atoms with Crippen molar-refractivity contribution in [2.45, 2.75) is 6.61 Å². The van der Waals surface area contributed by atoms with Crippen LogP contribution in [-0.4, -0.2) is 18.0 Å². The van der Waals surface area contributed by atoms with E-state index < -0.39 is 0 Å². The second-order valence-corrected chi connectivity index (χ2v) is 6.64. The van der Waals surface area contributed by atoms with Crippen molar-refractivity contribution in [2.24, 2.45) is 0 Å². The lowest BCUT2D eigenvalue weighted by Gasteiger charge is -2.13. The fraction of sp³-hybridized carbons (Fsp3) is 0.111. The second-order valence-electron chi connectivity index (χ2n) is 5.06. The van der Waals surface area contributed by atoms with Gasteiger partial charge in [-0.2, -0.15) is 0 Å². The van der Waals surface area contributed by atoms with Crippen LogP contribution in [0.4, 0.5) is 5.69 Å². The Bertz CT molecular complexity index is 869. The fourth-order valence-corrected chi connectivity index (χ4v) is 3.12. The van der Waals surface area contributed by atoms with Crippen LogP contribution in [0.1, 0.15) is 16.1 Å². The normalized spacial score (nSPS) is 10.3. The highest BCUT2D eigenvalue weighted by molar-refractivity contribution is 9.10. The number of benzene rings is 2. The molecule has 0 spiro atoms. The Labute approximate surface area is 157 Å². The van der Waals surface area contributed by atoms with E-state index in [1.807, 2.05) is 23.6 Å². The number of hydrogen-bond acceptors (Lipinski definition) is 5. The first-order chi connectivity index (χ1) is 12.2. The Morgan fingerprint density at radius 2 is 2.12 bits per heavy atom. The van der Waals surface area contributed by atoms with Crippen LogP contribution in [-0.2, 0) is 6.61 Å². The summed E-state index contributed by atoms with van der Waals surface area (Å²) in [6.45, 7) is 0.346. The Hall–Kier alpha value is -2.38. The topological polar surface area (TPSA) is 60.5 Å². The van der Waals surface area contributed by atoms with Crippen LogP contribution in [0.2, 0.25) is 0 Å². The highest BCUT2D eigenvalue weighted by Gasteiger charge is 2.14. The average Bonchev–Trinajstić information content (AvgIpc) is 3.15. The van der Waals surface area contributed by atoms with E-state index in [1.165, 1.54) is 11.3 Å². The van der Waals surface area contributed by atoms with E-state index in [4.69, 9.17) is 9.47 Å². The standard InChI is InChI=1S/C18H15BrN2O3S/c1-23-13-6-7-15(19)14(8-13)18(22)21-16-4-2-3-5-17(16)24-9-12-10-25-11-20-12/h2-8,10-11H,9H2,1H3,(H,21,22). The van der Waals surface area contributed by atoms with Crippen molar-refractivity contribution in [1.29, 1.82) is 0 Å². The molecule has 3 aromatic rings. The number of anilines is 1. The first-order valence-electron chi connectivity index (χ1n) is 7.41. The lowest BCUT2D eigenvalue weighted by atomic mass is 10.2. The number of rotatable bonds is 6. The molecule has 1 aromatic heterocycles. The van der Waals surface area contributed by atoms with Crippen molar-refractivity contribution in [3.63, 3.8) is 0 Å². The fourth-order valence-electron chi connectivity index (χ4n) is 2.15. The molecule has 0 aliphatic rings. The zero-order valence-electron chi connectivity index (χ0n) is 13.4. The number of carbonyl (C=O) groups is 1. The summed E-state index contributed by atoms with van der Waals surface area (Å²) in [4.78, 5) is 16.8. The van der Waals surface area contributed by atoms with Gasteiger partial charge in [0.1, 0.15) is 18.1 Å². The number of halogens is 1. The van der Waals surface area contributed by atoms with Crippen LogP contribution in [0.3, 0.4) is 0 Å². The molecule has 25 heavy (non-hydrogen) atoms. The first-order valence-corrected chi connectivity index (χ1v) is 9.14. The number of nitrogens with zero attached hydrogens (tertiary/aromatic N) is 1. The van der Waals surface area contributed by atoms with Crippen LogP contribution in [0.15, 0.2) is 57.8 Å². The third-order valence-electron chi connectivity index (χ3n) is 3.41. The molecule has 0 bridgehead atoms. The maximum absolute atomic E-state index is 12.6. The Morgan fingerprint density at radius 3 is 2.88 bits per heavy atom. The monoisotopic (exact) mass is 418 g/mol. The molecule has 0 aliphatic heterocycles. The van der Waals surface area contributed by atoms with Crippen LogP contribution in [0.5, 0.6) is 11.5 Å². The molecule has 0 unspecified atom stereocenters. The first kappa shape index (κ1) is 17.4.